The van der Waals surface area contributed by atoms with Crippen LogP contribution in [-0.2, 0) is 28.6 Å². The molecule has 1 atom stereocenters. The molecule has 0 aliphatic carbocycles. The number of ether oxygens (including phenoxy) is 3. The van der Waals surface area contributed by atoms with Gasteiger partial charge in [-0.05, 0) is 148 Å². The highest BCUT2D eigenvalue weighted by atomic mass is 16.6. The fraction of sp³-hybridized carbons (Fsp3) is 0.615. The van der Waals surface area contributed by atoms with Gasteiger partial charge in [-0.2, -0.15) is 0 Å². The summed E-state index contributed by atoms with van der Waals surface area (Å²) in [7, 11) is 0. The molecule has 0 aliphatic heterocycles. The Labute approximate surface area is 436 Å². The van der Waals surface area contributed by atoms with E-state index in [-0.39, 0.29) is 37.5 Å². The molecule has 71 heavy (non-hydrogen) atoms. The lowest BCUT2D eigenvalue weighted by molar-refractivity contribution is -0.167. The zero-order chi connectivity index (χ0) is 51.4. The van der Waals surface area contributed by atoms with Crippen LogP contribution in [0.4, 0.5) is 0 Å². The molecule has 0 spiro atoms. The van der Waals surface area contributed by atoms with Crippen molar-refractivity contribution in [3.8, 4) is 0 Å². The molecule has 0 heterocycles. The van der Waals surface area contributed by atoms with E-state index in [0.717, 1.165) is 109 Å². The highest BCUT2D eigenvalue weighted by Crippen LogP contribution is 2.11. The van der Waals surface area contributed by atoms with Crippen LogP contribution in [0.3, 0.4) is 0 Å². The van der Waals surface area contributed by atoms with Gasteiger partial charge >= 0.3 is 17.9 Å². The van der Waals surface area contributed by atoms with Crippen LogP contribution >= 0.6 is 0 Å². The van der Waals surface area contributed by atoms with Crippen LogP contribution in [0.25, 0.3) is 0 Å². The summed E-state index contributed by atoms with van der Waals surface area (Å²) < 4.78 is 16.8. The van der Waals surface area contributed by atoms with Gasteiger partial charge in [0, 0.05) is 19.3 Å². The molecule has 0 aromatic rings. The van der Waals surface area contributed by atoms with Gasteiger partial charge < -0.3 is 14.2 Å². The Hall–Kier alpha value is -4.45. The fourth-order valence-electron chi connectivity index (χ4n) is 7.24. The van der Waals surface area contributed by atoms with Crippen LogP contribution in [-0.4, -0.2) is 37.2 Å². The van der Waals surface area contributed by atoms with Crippen molar-refractivity contribution in [2.75, 3.05) is 13.2 Å². The van der Waals surface area contributed by atoms with E-state index in [2.05, 4.69) is 154 Å². The Morgan fingerprint density at radius 3 is 0.789 bits per heavy atom. The number of carbonyl (C=O) groups is 3. The van der Waals surface area contributed by atoms with E-state index >= 15 is 0 Å². The number of hydrogen-bond donors (Lipinski definition) is 0. The summed E-state index contributed by atoms with van der Waals surface area (Å²) in [5.41, 5.74) is 0. The first-order valence-electron chi connectivity index (χ1n) is 28.7. The third-order valence-electron chi connectivity index (χ3n) is 11.6. The van der Waals surface area contributed by atoms with Crippen LogP contribution < -0.4 is 0 Å². The first-order chi connectivity index (χ1) is 35.0. The first kappa shape index (κ1) is 66.6. The summed E-state index contributed by atoms with van der Waals surface area (Å²) in [4.78, 5) is 38.1. The van der Waals surface area contributed by atoms with Crippen molar-refractivity contribution in [1.29, 1.82) is 0 Å². The standard InChI is InChI=1S/C65H104O6/c1-4-7-10-13-16-19-22-25-28-30-32-34-37-40-43-46-49-52-55-58-64(67)70-61-62(60-69-63(66)57-54-51-48-45-42-39-36-27-24-21-18-15-12-9-6-3)71-65(68)59-56-53-50-47-44-41-38-35-33-31-29-26-23-20-17-14-11-8-5-2/h16-21,25-29,32-36,40-45,62H,4-15,22-24,30-31,37-39,46-61H2,1-3H3/b19-16-,20-17-,21-18-,28-25-,29-26-,34-32-,35-33-,36-27-,43-40-,44-41-,45-42-/t62-/m1/s1. The molecule has 0 fully saturated rings. The zero-order valence-corrected chi connectivity index (χ0v) is 45.7. The number of esters is 3. The number of rotatable bonds is 50. The highest BCUT2D eigenvalue weighted by molar-refractivity contribution is 5.71. The van der Waals surface area contributed by atoms with Gasteiger partial charge in [-0.25, -0.2) is 0 Å². The van der Waals surface area contributed by atoms with Crippen LogP contribution in [0.2, 0.25) is 0 Å². The molecule has 0 saturated heterocycles. The Balaban J connectivity index is 4.59. The second-order valence-corrected chi connectivity index (χ2v) is 18.5. The van der Waals surface area contributed by atoms with Gasteiger partial charge in [-0.15, -0.1) is 0 Å². The van der Waals surface area contributed by atoms with Crippen molar-refractivity contribution in [2.24, 2.45) is 0 Å². The number of hydrogen-bond acceptors (Lipinski definition) is 6. The molecule has 6 nitrogen and oxygen atoms in total. The summed E-state index contributed by atoms with van der Waals surface area (Å²) in [6.07, 6.45) is 81.5. The Morgan fingerprint density at radius 2 is 0.507 bits per heavy atom. The van der Waals surface area contributed by atoms with Crippen LogP contribution in [0, 0.1) is 0 Å². The minimum Gasteiger partial charge on any atom is -0.462 e. The van der Waals surface area contributed by atoms with Gasteiger partial charge in [0.2, 0.25) is 0 Å². The minimum absolute atomic E-state index is 0.124. The molecule has 0 aromatic carbocycles. The SMILES string of the molecule is CCCCC/C=C\C/C=C\C/C=C\C/C=C\CCCCCC(=O)OC[C@@H](COC(=O)CCCC/C=C\C/C=C\C/C=C\CCCCC)OC(=O)CCCCC/C=C\C/C=C\C/C=C\C/C=C\CCCCC. The molecule has 0 unspecified atom stereocenters. The predicted octanol–water partition coefficient (Wildman–Crippen LogP) is 19.4. The van der Waals surface area contributed by atoms with E-state index in [1.54, 1.807) is 0 Å². The summed E-state index contributed by atoms with van der Waals surface area (Å²) in [6.45, 7) is 6.45. The van der Waals surface area contributed by atoms with Gasteiger partial charge in [0.25, 0.3) is 0 Å². The topological polar surface area (TPSA) is 78.9 Å². The molecule has 6 heteroatoms. The molecule has 0 radical (unpaired) electrons. The van der Waals surface area contributed by atoms with E-state index < -0.39 is 6.10 Å². The van der Waals surface area contributed by atoms with Gasteiger partial charge in [-0.1, -0.05) is 206 Å². The van der Waals surface area contributed by atoms with Crippen molar-refractivity contribution in [3.05, 3.63) is 134 Å². The first-order valence-corrected chi connectivity index (χ1v) is 28.7. The second kappa shape index (κ2) is 58.1. The summed E-state index contributed by atoms with van der Waals surface area (Å²) >= 11 is 0. The Bertz CT molecular complexity index is 1550. The highest BCUT2D eigenvalue weighted by Gasteiger charge is 2.19. The molecule has 0 rings (SSSR count). The van der Waals surface area contributed by atoms with Crippen LogP contribution in [0.1, 0.15) is 239 Å². The van der Waals surface area contributed by atoms with Crippen molar-refractivity contribution < 1.29 is 28.6 Å². The Morgan fingerprint density at radius 1 is 0.282 bits per heavy atom. The van der Waals surface area contributed by atoms with Crippen molar-refractivity contribution in [3.63, 3.8) is 0 Å². The molecular weight excluding hydrogens is 877 g/mol. The lowest BCUT2D eigenvalue weighted by Crippen LogP contribution is -2.30. The molecular formula is C65H104O6. The fourth-order valence-corrected chi connectivity index (χ4v) is 7.24. The van der Waals surface area contributed by atoms with E-state index in [1.165, 1.54) is 77.0 Å². The monoisotopic (exact) mass is 981 g/mol. The van der Waals surface area contributed by atoms with E-state index in [4.69, 9.17) is 14.2 Å². The molecule has 0 saturated carbocycles. The summed E-state index contributed by atoms with van der Waals surface area (Å²) in [5.74, 6) is -1.03. The van der Waals surface area contributed by atoms with Crippen molar-refractivity contribution in [1.82, 2.24) is 0 Å². The average molecular weight is 982 g/mol. The van der Waals surface area contributed by atoms with E-state index in [1.807, 2.05) is 0 Å². The van der Waals surface area contributed by atoms with Gasteiger partial charge in [-0.3, -0.25) is 14.4 Å². The molecule has 0 N–H and O–H groups in total. The van der Waals surface area contributed by atoms with Crippen molar-refractivity contribution in [2.45, 2.75) is 245 Å². The third kappa shape index (κ3) is 56.3. The number of carbonyl (C=O) groups excluding carboxylic acids is 3. The van der Waals surface area contributed by atoms with Crippen LogP contribution in [0.5, 0.6) is 0 Å². The second-order valence-electron chi connectivity index (χ2n) is 18.5. The zero-order valence-electron chi connectivity index (χ0n) is 45.7. The molecule has 0 aromatic heterocycles. The smallest absolute Gasteiger partial charge is 0.306 e. The van der Waals surface area contributed by atoms with Gasteiger partial charge in [0.05, 0.1) is 0 Å². The maximum Gasteiger partial charge on any atom is 0.306 e. The van der Waals surface area contributed by atoms with Gasteiger partial charge in [0.1, 0.15) is 13.2 Å². The molecule has 0 amide bonds. The summed E-state index contributed by atoms with van der Waals surface area (Å²) in [5, 5.41) is 0. The molecule has 0 bridgehead atoms. The molecule has 400 valence electrons. The largest absolute Gasteiger partial charge is 0.462 e. The average Bonchev–Trinajstić information content (AvgIpc) is 3.37. The number of unbranched alkanes of at least 4 members (excludes halogenated alkanes) is 17. The summed E-state index contributed by atoms with van der Waals surface area (Å²) in [6, 6.07) is 0. The van der Waals surface area contributed by atoms with Crippen molar-refractivity contribution >= 4 is 17.9 Å². The third-order valence-corrected chi connectivity index (χ3v) is 11.6. The predicted molar refractivity (Wildman–Crippen MR) is 306 cm³/mol. The lowest BCUT2D eigenvalue weighted by atomic mass is 10.1. The van der Waals surface area contributed by atoms with E-state index in [9.17, 15) is 14.4 Å². The quantitative estimate of drug-likeness (QED) is 0.0262. The maximum atomic E-state index is 12.9. The van der Waals surface area contributed by atoms with Crippen LogP contribution in [0.15, 0.2) is 134 Å². The van der Waals surface area contributed by atoms with E-state index in [0.29, 0.717) is 25.7 Å². The maximum absolute atomic E-state index is 12.9. The Kier molecular flexibility index (Phi) is 54.5. The normalized spacial score (nSPS) is 13.1. The molecule has 0 aliphatic rings. The van der Waals surface area contributed by atoms with Gasteiger partial charge in [0.15, 0.2) is 6.10 Å². The minimum atomic E-state index is -0.830. The number of allylic oxidation sites excluding steroid dienone is 22. The lowest BCUT2D eigenvalue weighted by Gasteiger charge is -2.18.